The summed E-state index contributed by atoms with van der Waals surface area (Å²) in [5, 5.41) is -1.29. The Labute approximate surface area is 108 Å². The molecule has 0 aromatic heterocycles. The first-order chi connectivity index (χ1) is 7.76. The molecule has 4 atom stereocenters. The number of hydrogen-bond acceptors (Lipinski definition) is 4. The summed E-state index contributed by atoms with van der Waals surface area (Å²) in [4.78, 5) is 19.0. The van der Waals surface area contributed by atoms with E-state index in [0.29, 0.717) is 0 Å². The maximum Gasteiger partial charge on any atom is 0.213 e. The normalized spacial score (nSPS) is 24.0. The Hall–Kier alpha value is 0.570. The highest BCUT2D eigenvalue weighted by atomic mass is 31.2. The predicted molar refractivity (Wildman–Crippen MR) is 74.5 cm³/mol. The first-order valence-electron chi connectivity index (χ1n) is 5.56. The molecule has 0 aromatic carbocycles. The van der Waals surface area contributed by atoms with Gasteiger partial charge in [0.25, 0.3) is 0 Å². The highest BCUT2D eigenvalue weighted by Crippen LogP contribution is 2.66. The first-order valence-corrected chi connectivity index (χ1v) is 12.2. The smallest absolute Gasteiger partial charge is 0.213 e. The van der Waals surface area contributed by atoms with Gasteiger partial charge in [0.05, 0.1) is 6.61 Å². The minimum Gasteiger partial charge on any atom is -0.344 e. The SMILES string of the molecule is CC(C)COP(C)(=O)C(CP(C)(=O)O)P(C)(=O)O. The van der Waals surface area contributed by atoms with E-state index in [0.717, 1.165) is 13.3 Å². The van der Waals surface area contributed by atoms with Gasteiger partial charge in [-0.05, 0) is 5.92 Å². The zero-order valence-corrected chi connectivity index (χ0v) is 14.1. The predicted octanol–water partition coefficient (Wildman–Crippen LogP) is 2.69. The van der Waals surface area contributed by atoms with E-state index in [1.807, 2.05) is 13.8 Å². The maximum atomic E-state index is 12.4. The largest absolute Gasteiger partial charge is 0.344 e. The molecule has 0 rings (SSSR count). The van der Waals surface area contributed by atoms with Crippen molar-refractivity contribution >= 4 is 22.1 Å². The van der Waals surface area contributed by atoms with Gasteiger partial charge in [-0.2, -0.15) is 0 Å². The van der Waals surface area contributed by atoms with Gasteiger partial charge >= 0.3 is 0 Å². The Morgan fingerprint density at radius 1 is 1.06 bits per heavy atom. The van der Waals surface area contributed by atoms with Crippen LogP contribution in [0.5, 0.6) is 0 Å². The molecule has 0 spiro atoms. The fraction of sp³-hybridized carbons (Fsp3) is 1.00. The van der Waals surface area contributed by atoms with Crippen molar-refractivity contribution in [2.45, 2.75) is 19.2 Å². The molecule has 0 aliphatic rings. The summed E-state index contributed by atoms with van der Waals surface area (Å²) in [6.45, 7) is 7.28. The zero-order valence-electron chi connectivity index (χ0n) is 11.4. The van der Waals surface area contributed by atoms with Crippen molar-refractivity contribution in [3.63, 3.8) is 0 Å². The summed E-state index contributed by atoms with van der Waals surface area (Å²) in [7, 11) is -10.7. The molecule has 110 valence electrons. The van der Waals surface area contributed by atoms with Crippen LogP contribution in [0.3, 0.4) is 0 Å². The van der Waals surface area contributed by atoms with E-state index in [-0.39, 0.29) is 12.5 Å². The highest BCUT2D eigenvalue weighted by molar-refractivity contribution is 7.77. The third-order valence-electron chi connectivity index (χ3n) is 2.26. The lowest BCUT2D eigenvalue weighted by Gasteiger charge is -2.27. The number of hydrogen-bond donors (Lipinski definition) is 2. The number of rotatable bonds is 7. The standard InChI is InChI=1S/C9H23O6P3/c1-8(2)6-15-18(5,14)9(17(4,12)13)7-16(3,10)11/h8-9H,6-7H2,1-5H3,(H,10,11)(H,12,13). The molecule has 4 unspecified atom stereocenters. The molecular formula is C9H23O6P3. The van der Waals surface area contributed by atoms with Gasteiger partial charge in [0.15, 0.2) is 7.37 Å². The van der Waals surface area contributed by atoms with Crippen molar-refractivity contribution in [1.29, 1.82) is 0 Å². The quantitative estimate of drug-likeness (QED) is 0.699. The molecule has 18 heavy (non-hydrogen) atoms. The van der Waals surface area contributed by atoms with Crippen LogP contribution in [-0.4, -0.2) is 48.0 Å². The van der Waals surface area contributed by atoms with Gasteiger partial charge in [-0.25, -0.2) is 0 Å². The lowest BCUT2D eigenvalue weighted by molar-refractivity contribution is 0.271. The molecule has 0 aromatic rings. The fourth-order valence-corrected chi connectivity index (χ4v) is 10.3. The molecule has 0 aliphatic heterocycles. The van der Waals surface area contributed by atoms with E-state index < -0.39 is 33.7 Å². The van der Waals surface area contributed by atoms with E-state index in [9.17, 15) is 23.5 Å². The molecule has 0 saturated carbocycles. The van der Waals surface area contributed by atoms with Gasteiger partial charge in [-0.3, -0.25) is 13.7 Å². The third-order valence-corrected chi connectivity index (χ3v) is 9.64. The van der Waals surface area contributed by atoms with Crippen molar-refractivity contribution in [2.75, 3.05) is 32.8 Å². The van der Waals surface area contributed by atoms with Crippen LogP contribution in [0.25, 0.3) is 0 Å². The molecular weight excluding hydrogens is 297 g/mol. The van der Waals surface area contributed by atoms with Crippen LogP contribution in [0.4, 0.5) is 0 Å². The van der Waals surface area contributed by atoms with Gasteiger partial charge in [0.2, 0.25) is 14.7 Å². The highest BCUT2D eigenvalue weighted by Gasteiger charge is 2.43. The molecule has 0 fully saturated rings. The van der Waals surface area contributed by atoms with Crippen molar-refractivity contribution in [2.24, 2.45) is 5.92 Å². The molecule has 6 nitrogen and oxygen atoms in total. The van der Waals surface area contributed by atoms with Crippen molar-refractivity contribution in [1.82, 2.24) is 0 Å². The second kappa shape index (κ2) is 6.35. The van der Waals surface area contributed by atoms with Crippen LogP contribution < -0.4 is 0 Å². The lowest BCUT2D eigenvalue weighted by atomic mass is 10.2. The third kappa shape index (κ3) is 7.23. The van der Waals surface area contributed by atoms with E-state index >= 15 is 0 Å². The molecule has 0 bridgehead atoms. The summed E-state index contributed by atoms with van der Waals surface area (Å²) in [6, 6.07) is 0. The van der Waals surface area contributed by atoms with Gasteiger partial charge in [-0.1, -0.05) is 13.8 Å². The van der Waals surface area contributed by atoms with Gasteiger partial charge in [0, 0.05) is 26.2 Å². The molecule has 0 radical (unpaired) electrons. The maximum absolute atomic E-state index is 12.4. The molecule has 9 heteroatoms. The van der Waals surface area contributed by atoms with E-state index in [4.69, 9.17) is 4.52 Å². The Kier molecular flexibility index (Phi) is 6.55. The van der Waals surface area contributed by atoms with Crippen LogP contribution >= 0.6 is 22.1 Å². The summed E-state index contributed by atoms with van der Waals surface area (Å²) in [5.41, 5.74) is 0. The van der Waals surface area contributed by atoms with Crippen LogP contribution in [-0.2, 0) is 18.2 Å². The minimum atomic E-state index is -3.77. The van der Waals surface area contributed by atoms with Gasteiger partial charge in [-0.15, -0.1) is 0 Å². The molecule has 0 heterocycles. The summed E-state index contributed by atoms with van der Waals surface area (Å²) in [5.74, 6) is 0.122. The van der Waals surface area contributed by atoms with Crippen molar-refractivity contribution in [3.8, 4) is 0 Å². The average molecular weight is 320 g/mol. The van der Waals surface area contributed by atoms with Crippen LogP contribution in [0.2, 0.25) is 0 Å². The molecule has 0 aliphatic carbocycles. The average Bonchev–Trinajstić information content (AvgIpc) is 2.08. The van der Waals surface area contributed by atoms with Crippen molar-refractivity contribution < 1.29 is 28.0 Å². The summed E-state index contributed by atoms with van der Waals surface area (Å²) >= 11 is 0. The Bertz CT molecular complexity index is 407. The summed E-state index contributed by atoms with van der Waals surface area (Å²) in [6.07, 6.45) is -0.469. The second-order valence-electron chi connectivity index (χ2n) is 5.26. The Morgan fingerprint density at radius 3 is 1.78 bits per heavy atom. The minimum absolute atomic E-state index is 0.122. The molecule has 0 saturated heterocycles. The van der Waals surface area contributed by atoms with Gasteiger partial charge < -0.3 is 14.3 Å². The van der Waals surface area contributed by atoms with Gasteiger partial charge in [0.1, 0.15) is 5.40 Å². The lowest BCUT2D eigenvalue weighted by Crippen LogP contribution is -2.17. The van der Waals surface area contributed by atoms with E-state index in [1.165, 1.54) is 6.66 Å². The van der Waals surface area contributed by atoms with E-state index in [2.05, 4.69) is 0 Å². The summed E-state index contributed by atoms with van der Waals surface area (Å²) < 4.78 is 40.7. The first kappa shape index (κ1) is 18.6. The molecule has 2 N–H and O–H groups in total. The zero-order chi connectivity index (χ0) is 14.8. The fourth-order valence-electron chi connectivity index (χ4n) is 1.38. The monoisotopic (exact) mass is 320 g/mol. The Balaban J connectivity index is 5.14. The topological polar surface area (TPSA) is 101 Å². The van der Waals surface area contributed by atoms with Crippen LogP contribution in [0.1, 0.15) is 13.8 Å². The van der Waals surface area contributed by atoms with Crippen LogP contribution in [0.15, 0.2) is 0 Å². The van der Waals surface area contributed by atoms with Crippen molar-refractivity contribution in [3.05, 3.63) is 0 Å². The van der Waals surface area contributed by atoms with E-state index in [1.54, 1.807) is 0 Å². The molecule has 0 amide bonds. The Morgan fingerprint density at radius 2 is 1.50 bits per heavy atom. The van der Waals surface area contributed by atoms with Crippen LogP contribution in [0, 0.1) is 5.92 Å². The second-order valence-corrected chi connectivity index (χ2v) is 13.3.